The van der Waals surface area contributed by atoms with Gasteiger partial charge < -0.3 is 10.2 Å². The van der Waals surface area contributed by atoms with E-state index >= 15 is 0 Å². The van der Waals surface area contributed by atoms with Crippen molar-refractivity contribution in [1.82, 2.24) is 25.5 Å². The molecule has 2 aromatic heterocycles. The van der Waals surface area contributed by atoms with Crippen molar-refractivity contribution in [3.8, 4) is 11.5 Å². The van der Waals surface area contributed by atoms with Gasteiger partial charge in [-0.2, -0.15) is 4.98 Å². The van der Waals surface area contributed by atoms with Gasteiger partial charge in [-0.3, -0.25) is 10.1 Å². The number of aromatic amines is 1. The summed E-state index contributed by atoms with van der Waals surface area (Å²) in [6.07, 6.45) is 1.78. The van der Waals surface area contributed by atoms with E-state index in [1.54, 1.807) is 6.20 Å². The maximum Gasteiger partial charge on any atom is 0.245 e. The van der Waals surface area contributed by atoms with E-state index in [9.17, 15) is 0 Å². The molecule has 2 aromatic rings. The van der Waals surface area contributed by atoms with Crippen LogP contribution < -0.4 is 10.2 Å². The molecule has 19 heavy (non-hydrogen) atoms. The lowest BCUT2D eigenvalue weighted by Crippen LogP contribution is -2.49. The molecule has 6 nitrogen and oxygen atoms in total. The van der Waals surface area contributed by atoms with Gasteiger partial charge in [-0.05, 0) is 25.5 Å². The van der Waals surface area contributed by atoms with Crippen LogP contribution >= 0.6 is 0 Å². The molecule has 0 spiro atoms. The van der Waals surface area contributed by atoms with Crippen molar-refractivity contribution in [3.63, 3.8) is 0 Å². The van der Waals surface area contributed by atoms with E-state index in [-0.39, 0.29) is 0 Å². The Hall–Kier alpha value is -1.95. The first-order chi connectivity index (χ1) is 9.24. The average Bonchev–Trinajstić information content (AvgIpc) is 2.89. The highest BCUT2D eigenvalue weighted by atomic mass is 15.4. The Morgan fingerprint density at radius 3 is 3.11 bits per heavy atom. The van der Waals surface area contributed by atoms with Crippen LogP contribution in [0.15, 0.2) is 18.3 Å². The quantitative estimate of drug-likeness (QED) is 0.840. The molecule has 1 unspecified atom stereocenters. The maximum absolute atomic E-state index is 4.57. The SMILES string of the molecule is Cc1cccnc1-c1nc(N2CCNC(C)C2)n[nH]1. The molecule has 1 saturated heterocycles. The number of aryl methyl sites for hydroxylation is 1. The minimum Gasteiger partial charge on any atom is -0.337 e. The number of aromatic nitrogens is 4. The van der Waals surface area contributed by atoms with Crippen molar-refractivity contribution in [3.05, 3.63) is 23.9 Å². The van der Waals surface area contributed by atoms with Gasteiger partial charge in [0.2, 0.25) is 5.95 Å². The summed E-state index contributed by atoms with van der Waals surface area (Å²) in [5, 5.41) is 10.7. The zero-order valence-electron chi connectivity index (χ0n) is 11.2. The highest BCUT2D eigenvalue weighted by Crippen LogP contribution is 2.19. The number of nitrogens with zero attached hydrogens (tertiary/aromatic N) is 4. The normalized spacial score (nSPS) is 19.7. The first-order valence-corrected chi connectivity index (χ1v) is 6.57. The third-order valence-corrected chi connectivity index (χ3v) is 3.36. The molecule has 3 rings (SSSR count). The highest BCUT2D eigenvalue weighted by molar-refractivity contribution is 5.55. The molecule has 0 bridgehead atoms. The van der Waals surface area contributed by atoms with Crippen LogP contribution in [0, 0.1) is 6.92 Å². The molecular formula is C13H18N6. The van der Waals surface area contributed by atoms with Crippen LogP contribution in [0.3, 0.4) is 0 Å². The number of nitrogens with one attached hydrogen (secondary N) is 2. The van der Waals surface area contributed by atoms with E-state index in [0.29, 0.717) is 6.04 Å². The predicted octanol–water partition coefficient (Wildman–Crippen LogP) is 0.973. The maximum atomic E-state index is 4.57. The van der Waals surface area contributed by atoms with Crippen LogP contribution in [-0.2, 0) is 0 Å². The smallest absolute Gasteiger partial charge is 0.245 e. The average molecular weight is 258 g/mol. The van der Waals surface area contributed by atoms with Gasteiger partial charge in [-0.15, -0.1) is 5.10 Å². The van der Waals surface area contributed by atoms with Crippen LogP contribution in [0.4, 0.5) is 5.95 Å². The molecule has 2 N–H and O–H groups in total. The van der Waals surface area contributed by atoms with Gasteiger partial charge in [0.25, 0.3) is 0 Å². The largest absolute Gasteiger partial charge is 0.337 e. The molecule has 0 saturated carbocycles. The van der Waals surface area contributed by atoms with E-state index in [2.05, 4.69) is 37.3 Å². The van der Waals surface area contributed by atoms with Crippen molar-refractivity contribution in [2.45, 2.75) is 19.9 Å². The Labute approximate surface area is 112 Å². The number of rotatable bonds is 2. The molecule has 0 aromatic carbocycles. The Kier molecular flexibility index (Phi) is 3.16. The molecule has 1 atom stereocenters. The summed E-state index contributed by atoms with van der Waals surface area (Å²) >= 11 is 0. The second kappa shape index (κ2) is 4.97. The zero-order valence-corrected chi connectivity index (χ0v) is 11.2. The first-order valence-electron chi connectivity index (χ1n) is 6.57. The van der Waals surface area contributed by atoms with Gasteiger partial charge in [-0.1, -0.05) is 6.07 Å². The monoisotopic (exact) mass is 258 g/mol. The second-order valence-corrected chi connectivity index (χ2v) is 4.95. The Bertz CT molecular complexity index is 564. The molecule has 1 aliphatic rings. The van der Waals surface area contributed by atoms with Gasteiger partial charge in [0.05, 0.1) is 0 Å². The number of H-pyrrole nitrogens is 1. The minimum atomic E-state index is 0.465. The van der Waals surface area contributed by atoms with E-state index in [4.69, 9.17) is 0 Å². The van der Waals surface area contributed by atoms with Crippen LogP contribution in [-0.4, -0.2) is 45.8 Å². The van der Waals surface area contributed by atoms with Crippen molar-refractivity contribution >= 4 is 5.95 Å². The molecule has 100 valence electrons. The van der Waals surface area contributed by atoms with Crippen molar-refractivity contribution < 1.29 is 0 Å². The number of pyridine rings is 1. The topological polar surface area (TPSA) is 69.7 Å². The molecule has 1 aliphatic heterocycles. The molecule has 0 aliphatic carbocycles. The predicted molar refractivity (Wildman–Crippen MR) is 74.0 cm³/mol. The number of hydrogen-bond donors (Lipinski definition) is 2. The van der Waals surface area contributed by atoms with Gasteiger partial charge in [0.15, 0.2) is 5.82 Å². The van der Waals surface area contributed by atoms with Crippen molar-refractivity contribution in [1.29, 1.82) is 0 Å². The Morgan fingerprint density at radius 1 is 1.42 bits per heavy atom. The van der Waals surface area contributed by atoms with Crippen LogP contribution in [0.2, 0.25) is 0 Å². The fourth-order valence-electron chi connectivity index (χ4n) is 2.35. The number of anilines is 1. The van der Waals surface area contributed by atoms with E-state index in [1.807, 2.05) is 19.1 Å². The molecule has 6 heteroatoms. The zero-order chi connectivity index (χ0) is 13.2. The molecule has 0 amide bonds. The fourth-order valence-corrected chi connectivity index (χ4v) is 2.35. The highest BCUT2D eigenvalue weighted by Gasteiger charge is 2.20. The number of hydrogen-bond acceptors (Lipinski definition) is 5. The van der Waals surface area contributed by atoms with Gasteiger partial charge in [0.1, 0.15) is 5.69 Å². The Balaban J connectivity index is 1.85. The minimum absolute atomic E-state index is 0.465. The summed E-state index contributed by atoms with van der Waals surface area (Å²) in [6.45, 7) is 7.02. The van der Waals surface area contributed by atoms with E-state index < -0.39 is 0 Å². The molecule has 0 radical (unpaired) electrons. The van der Waals surface area contributed by atoms with Crippen molar-refractivity contribution in [2.75, 3.05) is 24.5 Å². The summed E-state index contributed by atoms with van der Waals surface area (Å²) in [4.78, 5) is 11.1. The van der Waals surface area contributed by atoms with Gasteiger partial charge in [-0.25, -0.2) is 0 Å². The summed E-state index contributed by atoms with van der Waals surface area (Å²) < 4.78 is 0. The van der Waals surface area contributed by atoms with E-state index in [0.717, 1.165) is 42.7 Å². The fraction of sp³-hybridized carbons (Fsp3) is 0.462. The molecule has 1 fully saturated rings. The second-order valence-electron chi connectivity index (χ2n) is 4.95. The molecular weight excluding hydrogens is 240 g/mol. The summed E-state index contributed by atoms with van der Waals surface area (Å²) in [6, 6.07) is 4.41. The lowest BCUT2D eigenvalue weighted by atomic mass is 10.2. The summed E-state index contributed by atoms with van der Waals surface area (Å²) in [5.74, 6) is 1.49. The third kappa shape index (κ3) is 2.44. The van der Waals surface area contributed by atoms with Gasteiger partial charge in [0, 0.05) is 31.9 Å². The third-order valence-electron chi connectivity index (χ3n) is 3.36. The molecule has 3 heterocycles. The van der Waals surface area contributed by atoms with Crippen LogP contribution in [0.5, 0.6) is 0 Å². The lowest BCUT2D eigenvalue weighted by molar-refractivity contribution is 0.480. The van der Waals surface area contributed by atoms with Gasteiger partial charge >= 0.3 is 0 Å². The van der Waals surface area contributed by atoms with Crippen molar-refractivity contribution in [2.24, 2.45) is 0 Å². The first kappa shape index (κ1) is 12.1. The Morgan fingerprint density at radius 2 is 2.32 bits per heavy atom. The van der Waals surface area contributed by atoms with Crippen LogP contribution in [0.1, 0.15) is 12.5 Å². The number of piperazine rings is 1. The van der Waals surface area contributed by atoms with E-state index in [1.165, 1.54) is 0 Å². The van der Waals surface area contributed by atoms with Crippen LogP contribution in [0.25, 0.3) is 11.5 Å². The standard InChI is InChI=1S/C13H18N6/c1-9-4-3-5-15-11(9)12-16-13(18-17-12)19-7-6-14-10(2)8-19/h3-5,10,14H,6-8H2,1-2H3,(H,16,17,18). The summed E-state index contributed by atoms with van der Waals surface area (Å²) in [5.41, 5.74) is 1.96. The lowest BCUT2D eigenvalue weighted by Gasteiger charge is -2.30. The summed E-state index contributed by atoms with van der Waals surface area (Å²) in [7, 11) is 0.